The van der Waals surface area contributed by atoms with Crippen LogP contribution in [0.2, 0.25) is 0 Å². The molecule has 6 nitrogen and oxygen atoms in total. The zero-order valence-electron chi connectivity index (χ0n) is 19.0. The Bertz CT molecular complexity index is 769. The number of nitrogens with zero attached hydrogens (tertiary/aromatic N) is 2. The summed E-state index contributed by atoms with van der Waals surface area (Å²) in [5.74, 6) is 0.854. The lowest BCUT2D eigenvalue weighted by Crippen LogP contribution is -2.49. The van der Waals surface area contributed by atoms with Gasteiger partial charge in [0.15, 0.2) is 0 Å². The molecule has 0 spiro atoms. The lowest BCUT2D eigenvalue weighted by atomic mass is 9.79. The van der Waals surface area contributed by atoms with Gasteiger partial charge in [-0.2, -0.15) is 4.31 Å². The van der Waals surface area contributed by atoms with Crippen LogP contribution in [0.4, 0.5) is 0 Å². The molecule has 7 heteroatoms. The quantitative estimate of drug-likeness (QED) is 0.595. The molecule has 2 fully saturated rings. The van der Waals surface area contributed by atoms with E-state index in [1.165, 1.54) is 24.8 Å². The molecule has 174 valence electrons. The molecule has 1 aliphatic heterocycles. The van der Waals surface area contributed by atoms with Gasteiger partial charge in [0.1, 0.15) is 0 Å². The molecule has 1 N–H and O–H groups in total. The van der Waals surface area contributed by atoms with Gasteiger partial charge in [-0.3, -0.25) is 9.69 Å². The van der Waals surface area contributed by atoms with E-state index in [9.17, 15) is 13.2 Å². The number of amides is 1. The van der Waals surface area contributed by atoms with Crippen molar-refractivity contribution in [3.8, 4) is 0 Å². The first kappa shape index (κ1) is 24.2. The summed E-state index contributed by atoms with van der Waals surface area (Å²) in [7, 11) is -3.33. The number of nitrogens with one attached hydrogen (secondary N) is 1. The SMILES string of the molecule is CCCCC1CCC(C(=O)NCCS(=O)(=O)N2CCN(Cc3ccccc3)CC2)CC1. The summed E-state index contributed by atoms with van der Waals surface area (Å²) in [6.45, 7) is 5.80. The van der Waals surface area contributed by atoms with E-state index in [0.29, 0.717) is 13.1 Å². The highest BCUT2D eigenvalue weighted by Gasteiger charge is 2.28. The van der Waals surface area contributed by atoms with E-state index in [1.54, 1.807) is 4.31 Å². The summed E-state index contributed by atoms with van der Waals surface area (Å²) in [6.07, 6.45) is 7.93. The minimum Gasteiger partial charge on any atom is -0.355 e. The van der Waals surface area contributed by atoms with Gasteiger partial charge < -0.3 is 5.32 Å². The molecule has 1 aromatic carbocycles. The molecule has 1 aliphatic carbocycles. The second-order valence-corrected chi connectivity index (χ2v) is 11.2. The summed E-state index contributed by atoms with van der Waals surface area (Å²) >= 11 is 0. The van der Waals surface area contributed by atoms with Crippen molar-refractivity contribution in [1.82, 2.24) is 14.5 Å². The Labute approximate surface area is 188 Å². The smallest absolute Gasteiger partial charge is 0.223 e. The molecule has 0 aromatic heterocycles. The Balaban J connectivity index is 1.34. The Hall–Kier alpha value is -1.44. The van der Waals surface area contributed by atoms with Gasteiger partial charge in [-0.05, 0) is 37.2 Å². The first-order valence-corrected chi connectivity index (χ1v) is 13.6. The van der Waals surface area contributed by atoms with Crippen molar-refractivity contribution in [2.45, 2.75) is 58.4 Å². The number of hydrogen-bond donors (Lipinski definition) is 1. The number of hydrogen-bond acceptors (Lipinski definition) is 4. The van der Waals surface area contributed by atoms with E-state index in [1.807, 2.05) is 18.2 Å². The molecule has 2 aliphatic rings. The van der Waals surface area contributed by atoms with E-state index < -0.39 is 10.0 Å². The molecule has 31 heavy (non-hydrogen) atoms. The molecule has 3 rings (SSSR count). The fourth-order valence-corrected chi connectivity index (χ4v) is 6.13. The van der Waals surface area contributed by atoms with Crippen molar-refractivity contribution in [2.75, 3.05) is 38.5 Å². The monoisotopic (exact) mass is 449 g/mol. The van der Waals surface area contributed by atoms with Crippen LogP contribution in [0.5, 0.6) is 0 Å². The van der Waals surface area contributed by atoms with Crippen LogP contribution in [0.1, 0.15) is 57.4 Å². The van der Waals surface area contributed by atoms with Crippen molar-refractivity contribution >= 4 is 15.9 Å². The maximum absolute atomic E-state index is 12.7. The largest absolute Gasteiger partial charge is 0.355 e. The van der Waals surface area contributed by atoms with Gasteiger partial charge in [0.25, 0.3) is 0 Å². The Morgan fingerprint density at radius 1 is 1.03 bits per heavy atom. The maximum atomic E-state index is 12.7. The maximum Gasteiger partial charge on any atom is 0.223 e. The Morgan fingerprint density at radius 2 is 1.71 bits per heavy atom. The molecule has 1 aromatic rings. The zero-order valence-corrected chi connectivity index (χ0v) is 19.8. The zero-order chi connectivity index (χ0) is 22.1. The van der Waals surface area contributed by atoms with E-state index in [4.69, 9.17) is 0 Å². The number of benzene rings is 1. The van der Waals surface area contributed by atoms with Crippen LogP contribution in [0, 0.1) is 11.8 Å². The summed E-state index contributed by atoms with van der Waals surface area (Å²) in [5, 5.41) is 2.89. The van der Waals surface area contributed by atoms with Gasteiger partial charge in [0.2, 0.25) is 15.9 Å². The minimum absolute atomic E-state index is 0.0106. The first-order chi connectivity index (χ1) is 15.0. The molecule has 0 radical (unpaired) electrons. The number of piperazine rings is 1. The topological polar surface area (TPSA) is 69.7 Å². The van der Waals surface area contributed by atoms with Gasteiger partial charge in [-0.1, -0.05) is 56.5 Å². The highest BCUT2D eigenvalue weighted by atomic mass is 32.2. The summed E-state index contributed by atoms with van der Waals surface area (Å²) in [5.41, 5.74) is 1.25. The highest BCUT2D eigenvalue weighted by Crippen LogP contribution is 2.31. The van der Waals surface area contributed by atoms with E-state index >= 15 is 0 Å². The fraction of sp³-hybridized carbons (Fsp3) is 0.708. The minimum atomic E-state index is -3.33. The van der Waals surface area contributed by atoms with Crippen LogP contribution in [-0.2, 0) is 21.4 Å². The van der Waals surface area contributed by atoms with Crippen LogP contribution < -0.4 is 5.32 Å². The van der Waals surface area contributed by atoms with Gasteiger partial charge in [-0.25, -0.2) is 8.42 Å². The number of carbonyl (C=O) groups excluding carboxylic acids is 1. The molecule has 1 saturated heterocycles. The van der Waals surface area contributed by atoms with Crippen LogP contribution >= 0.6 is 0 Å². The van der Waals surface area contributed by atoms with E-state index in [0.717, 1.165) is 51.2 Å². The van der Waals surface area contributed by atoms with Crippen molar-refractivity contribution < 1.29 is 13.2 Å². The van der Waals surface area contributed by atoms with Crippen LogP contribution in [-0.4, -0.2) is 62.0 Å². The average molecular weight is 450 g/mol. The molecule has 1 heterocycles. The first-order valence-electron chi connectivity index (χ1n) is 12.0. The lowest BCUT2D eigenvalue weighted by Gasteiger charge is -2.34. The predicted octanol–water partition coefficient (Wildman–Crippen LogP) is 3.25. The van der Waals surface area contributed by atoms with E-state index in [-0.39, 0.29) is 24.1 Å². The molecular weight excluding hydrogens is 410 g/mol. The lowest BCUT2D eigenvalue weighted by molar-refractivity contribution is -0.126. The van der Waals surface area contributed by atoms with Gasteiger partial charge in [0.05, 0.1) is 5.75 Å². The average Bonchev–Trinajstić information content (AvgIpc) is 2.79. The molecule has 1 saturated carbocycles. The van der Waals surface area contributed by atoms with Gasteiger partial charge in [0, 0.05) is 45.2 Å². The standard InChI is InChI=1S/C24H39N3O3S/c1-2-3-7-21-10-12-23(13-11-21)24(28)25-14-19-31(29,30)27-17-15-26(16-18-27)20-22-8-5-4-6-9-22/h4-6,8-9,21,23H,2-3,7,10-20H2,1H3,(H,25,28). The van der Waals surface area contributed by atoms with Gasteiger partial charge in [-0.15, -0.1) is 0 Å². The van der Waals surface area contributed by atoms with Crippen molar-refractivity contribution in [3.05, 3.63) is 35.9 Å². The predicted molar refractivity (Wildman–Crippen MR) is 125 cm³/mol. The number of rotatable bonds is 10. The molecular formula is C24H39N3O3S. The van der Waals surface area contributed by atoms with Crippen molar-refractivity contribution in [3.63, 3.8) is 0 Å². The van der Waals surface area contributed by atoms with Crippen LogP contribution in [0.3, 0.4) is 0 Å². The second kappa shape index (κ2) is 12.0. The fourth-order valence-electron chi connectivity index (χ4n) is 4.79. The van der Waals surface area contributed by atoms with Crippen LogP contribution in [0.15, 0.2) is 30.3 Å². The van der Waals surface area contributed by atoms with Crippen LogP contribution in [0.25, 0.3) is 0 Å². The molecule has 0 unspecified atom stereocenters. The Morgan fingerprint density at radius 3 is 2.35 bits per heavy atom. The Kier molecular flexibility index (Phi) is 9.35. The molecule has 1 amide bonds. The van der Waals surface area contributed by atoms with E-state index in [2.05, 4.69) is 29.3 Å². The van der Waals surface area contributed by atoms with Crippen molar-refractivity contribution in [2.24, 2.45) is 11.8 Å². The number of sulfonamides is 1. The molecule has 0 atom stereocenters. The van der Waals surface area contributed by atoms with Crippen molar-refractivity contribution in [1.29, 1.82) is 0 Å². The summed E-state index contributed by atoms with van der Waals surface area (Å²) in [6, 6.07) is 10.3. The van der Waals surface area contributed by atoms with Gasteiger partial charge >= 0.3 is 0 Å². The third-order valence-electron chi connectivity index (χ3n) is 6.82. The summed E-state index contributed by atoms with van der Waals surface area (Å²) < 4.78 is 27.0. The number of carbonyl (C=O) groups is 1. The third kappa shape index (κ3) is 7.58. The normalized spacial score (nSPS) is 23.5. The highest BCUT2D eigenvalue weighted by molar-refractivity contribution is 7.89. The summed E-state index contributed by atoms with van der Waals surface area (Å²) in [4.78, 5) is 14.8. The third-order valence-corrected chi connectivity index (χ3v) is 8.69. The molecule has 0 bridgehead atoms. The second-order valence-electron chi connectivity index (χ2n) is 9.13. The number of unbranched alkanes of at least 4 members (excludes halogenated alkanes) is 1.